The number of aromatic amines is 1. The molecule has 0 spiro atoms. The molecular weight excluding hydrogens is 234 g/mol. The van der Waals surface area contributed by atoms with Gasteiger partial charge in [-0.05, 0) is 20.8 Å². The Hall–Kier alpha value is -1.07. The van der Waals surface area contributed by atoms with Crippen LogP contribution in [-0.4, -0.2) is 27.8 Å². The van der Waals surface area contributed by atoms with Crippen molar-refractivity contribution in [2.45, 2.75) is 31.5 Å². The number of hydrogen-bond acceptors (Lipinski definition) is 4. The van der Waals surface area contributed by atoms with Gasteiger partial charge in [-0.15, -0.1) is 0 Å². The number of hydrogen-bond donors (Lipinski definition) is 2. The normalized spacial score (nSPS) is 11.5. The number of nitrogens with zero attached hydrogens (tertiary/aromatic N) is 1. The van der Waals surface area contributed by atoms with E-state index in [1.54, 1.807) is 0 Å². The summed E-state index contributed by atoms with van der Waals surface area (Å²) in [5.41, 5.74) is 1.05. The lowest BCUT2D eigenvalue weighted by molar-refractivity contribution is 0.445. The molecular formula is C12H19N3OS. The van der Waals surface area contributed by atoms with Gasteiger partial charge in [0.15, 0.2) is 5.16 Å². The van der Waals surface area contributed by atoms with Gasteiger partial charge in [0.2, 0.25) is 0 Å². The lowest BCUT2D eigenvalue weighted by Gasteiger charge is -2.21. The van der Waals surface area contributed by atoms with Gasteiger partial charge >= 0.3 is 0 Å². The minimum atomic E-state index is -0.124. The molecule has 0 radical (unpaired) electrons. The third-order valence-electron chi connectivity index (χ3n) is 1.93. The predicted molar refractivity (Wildman–Crippen MR) is 72.5 cm³/mol. The molecule has 2 N–H and O–H groups in total. The van der Waals surface area contributed by atoms with Crippen LogP contribution in [0.1, 0.15) is 20.8 Å². The van der Waals surface area contributed by atoms with Crippen LogP contribution < -0.4 is 10.9 Å². The number of H-pyrrole nitrogens is 1. The number of nitrogens with one attached hydrogen (secondary N) is 2. The molecule has 0 aliphatic rings. The van der Waals surface area contributed by atoms with Crippen LogP contribution in [0.5, 0.6) is 0 Å². The Morgan fingerprint density at radius 1 is 1.59 bits per heavy atom. The Balaban J connectivity index is 2.36. The van der Waals surface area contributed by atoms with Crippen LogP contribution in [0.25, 0.3) is 0 Å². The summed E-state index contributed by atoms with van der Waals surface area (Å²) in [4.78, 5) is 17.8. The molecule has 0 atom stereocenters. The lowest BCUT2D eigenvalue weighted by atomic mass is 10.1. The van der Waals surface area contributed by atoms with Crippen molar-refractivity contribution < 1.29 is 0 Å². The zero-order valence-corrected chi connectivity index (χ0v) is 11.4. The zero-order chi connectivity index (χ0) is 12.9. The maximum Gasteiger partial charge on any atom is 0.251 e. The molecule has 0 fully saturated rings. The standard InChI is InChI=1S/C12H19N3OS/c1-9(7-14-12(2,3)4)8-17-11-13-6-5-10(16)15-11/h5-6,14H,1,7-8H2,2-4H3,(H,13,15,16). The molecule has 0 aromatic carbocycles. The molecule has 1 rings (SSSR count). The van der Waals surface area contributed by atoms with E-state index in [9.17, 15) is 4.79 Å². The average Bonchev–Trinajstić information content (AvgIpc) is 2.23. The Kier molecular flexibility index (Phi) is 4.96. The highest BCUT2D eigenvalue weighted by Crippen LogP contribution is 2.13. The summed E-state index contributed by atoms with van der Waals surface area (Å²) in [6.45, 7) is 11.1. The Morgan fingerprint density at radius 2 is 2.29 bits per heavy atom. The van der Waals surface area contributed by atoms with Crippen molar-refractivity contribution in [3.8, 4) is 0 Å². The fraction of sp³-hybridized carbons (Fsp3) is 0.500. The van der Waals surface area contributed by atoms with E-state index in [-0.39, 0.29) is 11.1 Å². The molecule has 0 aliphatic carbocycles. The summed E-state index contributed by atoms with van der Waals surface area (Å²) in [6, 6.07) is 1.40. The van der Waals surface area contributed by atoms with E-state index in [4.69, 9.17) is 0 Å². The molecule has 17 heavy (non-hydrogen) atoms. The first-order chi connectivity index (χ1) is 7.87. The number of rotatable bonds is 5. The summed E-state index contributed by atoms with van der Waals surface area (Å²) in [7, 11) is 0. The second-order valence-electron chi connectivity index (χ2n) is 4.88. The van der Waals surface area contributed by atoms with Crippen molar-refractivity contribution in [3.63, 3.8) is 0 Å². The minimum Gasteiger partial charge on any atom is -0.308 e. The van der Waals surface area contributed by atoms with Crippen molar-refractivity contribution in [2.24, 2.45) is 0 Å². The van der Waals surface area contributed by atoms with E-state index in [1.165, 1.54) is 24.0 Å². The van der Waals surface area contributed by atoms with E-state index in [0.29, 0.717) is 5.16 Å². The smallest absolute Gasteiger partial charge is 0.251 e. The SMILES string of the molecule is C=C(CNC(C)(C)C)CSc1nccc(=O)[nH]1. The summed E-state index contributed by atoms with van der Waals surface area (Å²) in [5.74, 6) is 0.746. The van der Waals surface area contributed by atoms with Crippen molar-refractivity contribution >= 4 is 11.8 Å². The van der Waals surface area contributed by atoms with Crippen molar-refractivity contribution in [1.29, 1.82) is 0 Å². The topological polar surface area (TPSA) is 57.8 Å². The van der Waals surface area contributed by atoms with Gasteiger partial charge in [0, 0.05) is 30.1 Å². The highest BCUT2D eigenvalue weighted by atomic mass is 32.2. The van der Waals surface area contributed by atoms with Gasteiger partial charge in [-0.2, -0.15) is 0 Å². The van der Waals surface area contributed by atoms with Crippen molar-refractivity contribution in [3.05, 3.63) is 34.8 Å². The van der Waals surface area contributed by atoms with Crippen LogP contribution in [0.4, 0.5) is 0 Å². The largest absolute Gasteiger partial charge is 0.308 e. The monoisotopic (exact) mass is 253 g/mol. The first-order valence-electron chi connectivity index (χ1n) is 5.46. The third kappa shape index (κ3) is 6.28. The van der Waals surface area contributed by atoms with E-state index in [2.05, 4.69) is 42.6 Å². The summed E-state index contributed by atoms with van der Waals surface area (Å²) in [5, 5.41) is 4.00. The molecule has 1 aromatic heterocycles. The van der Waals surface area contributed by atoms with Crippen LogP contribution in [0, 0.1) is 0 Å². The quantitative estimate of drug-likeness (QED) is 0.477. The molecule has 0 amide bonds. The highest BCUT2D eigenvalue weighted by Gasteiger charge is 2.08. The molecule has 0 saturated heterocycles. The van der Waals surface area contributed by atoms with Gasteiger partial charge in [-0.1, -0.05) is 23.9 Å². The van der Waals surface area contributed by atoms with Gasteiger partial charge in [0.25, 0.3) is 5.56 Å². The summed E-state index contributed by atoms with van der Waals surface area (Å²) >= 11 is 1.49. The molecule has 0 bridgehead atoms. The molecule has 1 heterocycles. The zero-order valence-electron chi connectivity index (χ0n) is 10.5. The predicted octanol–water partition coefficient (Wildman–Crippen LogP) is 1.81. The number of thioether (sulfide) groups is 1. The van der Waals surface area contributed by atoms with Gasteiger partial charge < -0.3 is 10.3 Å². The molecule has 0 saturated carbocycles. The Bertz CT molecular complexity index is 434. The van der Waals surface area contributed by atoms with Gasteiger partial charge in [0.05, 0.1) is 0 Å². The summed E-state index contributed by atoms with van der Waals surface area (Å²) < 4.78 is 0. The van der Waals surface area contributed by atoms with E-state index < -0.39 is 0 Å². The molecule has 4 nitrogen and oxygen atoms in total. The van der Waals surface area contributed by atoms with Crippen LogP contribution in [0.2, 0.25) is 0 Å². The molecule has 0 unspecified atom stereocenters. The van der Waals surface area contributed by atoms with Crippen LogP contribution >= 0.6 is 11.8 Å². The van der Waals surface area contributed by atoms with E-state index in [1.807, 2.05) is 0 Å². The molecule has 1 aromatic rings. The Morgan fingerprint density at radius 3 is 2.88 bits per heavy atom. The van der Waals surface area contributed by atoms with Crippen LogP contribution in [-0.2, 0) is 0 Å². The maximum absolute atomic E-state index is 11.0. The summed E-state index contributed by atoms with van der Waals surface area (Å²) in [6.07, 6.45) is 1.51. The first kappa shape index (κ1) is 14.0. The van der Waals surface area contributed by atoms with Gasteiger partial charge in [-0.25, -0.2) is 4.98 Å². The maximum atomic E-state index is 11.0. The van der Waals surface area contributed by atoms with Gasteiger partial charge in [0.1, 0.15) is 0 Å². The first-order valence-corrected chi connectivity index (χ1v) is 6.45. The molecule has 0 aliphatic heterocycles. The average molecular weight is 253 g/mol. The fourth-order valence-electron chi connectivity index (χ4n) is 1.04. The second kappa shape index (κ2) is 6.02. The van der Waals surface area contributed by atoms with Crippen molar-refractivity contribution in [2.75, 3.05) is 12.3 Å². The van der Waals surface area contributed by atoms with Gasteiger partial charge in [-0.3, -0.25) is 4.79 Å². The van der Waals surface area contributed by atoms with Crippen LogP contribution in [0.3, 0.4) is 0 Å². The number of aromatic nitrogens is 2. The second-order valence-corrected chi connectivity index (χ2v) is 5.85. The molecule has 94 valence electrons. The Labute approximate surface area is 106 Å². The van der Waals surface area contributed by atoms with E-state index >= 15 is 0 Å². The lowest BCUT2D eigenvalue weighted by Crippen LogP contribution is -2.37. The molecule has 5 heteroatoms. The minimum absolute atomic E-state index is 0.0902. The van der Waals surface area contributed by atoms with Crippen molar-refractivity contribution in [1.82, 2.24) is 15.3 Å². The van der Waals surface area contributed by atoms with E-state index in [0.717, 1.165) is 17.9 Å². The third-order valence-corrected chi connectivity index (χ3v) is 2.96. The highest BCUT2D eigenvalue weighted by molar-refractivity contribution is 7.99. The fourth-order valence-corrected chi connectivity index (χ4v) is 1.79. The van der Waals surface area contributed by atoms with Crippen LogP contribution in [0.15, 0.2) is 34.4 Å².